The highest BCUT2D eigenvalue weighted by Gasteiger charge is 1.98. The van der Waals surface area contributed by atoms with Crippen LogP contribution in [0.2, 0.25) is 0 Å². The molecule has 0 atom stereocenters. The van der Waals surface area contributed by atoms with E-state index < -0.39 is 0 Å². The molecule has 0 aliphatic carbocycles. The smallest absolute Gasteiger partial charge is 0.144 e. The van der Waals surface area contributed by atoms with Crippen molar-refractivity contribution in [2.45, 2.75) is 20.3 Å². The number of rotatable bonds is 7. The SMILES string of the molecule is Cc1ncc(NCCCOCCCl)nc1C. The fraction of sp³-hybridized carbons (Fsp3) is 0.636. The molecule has 0 saturated carbocycles. The minimum absolute atomic E-state index is 0.552. The fourth-order valence-electron chi connectivity index (χ4n) is 1.17. The number of hydrogen-bond donors (Lipinski definition) is 1. The molecule has 1 aromatic heterocycles. The van der Waals surface area contributed by atoms with Crippen molar-refractivity contribution in [1.82, 2.24) is 9.97 Å². The summed E-state index contributed by atoms with van der Waals surface area (Å²) in [5.41, 5.74) is 1.93. The maximum absolute atomic E-state index is 5.48. The Labute approximate surface area is 101 Å². The summed E-state index contributed by atoms with van der Waals surface area (Å²) in [5.74, 6) is 1.37. The van der Waals surface area contributed by atoms with E-state index in [4.69, 9.17) is 16.3 Å². The molecule has 1 heterocycles. The monoisotopic (exact) mass is 243 g/mol. The summed E-state index contributed by atoms with van der Waals surface area (Å²) in [6, 6.07) is 0. The van der Waals surface area contributed by atoms with Gasteiger partial charge in [-0.1, -0.05) is 0 Å². The molecular weight excluding hydrogens is 226 g/mol. The highest BCUT2D eigenvalue weighted by molar-refractivity contribution is 6.17. The molecule has 0 amide bonds. The lowest BCUT2D eigenvalue weighted by Gasteiger charge is -2.07. The predicted molar refractivity (Wildman–Crippen MR) is 66.2 cm³/mol. The van der Waals surface area contributed by atoms with Crippen molar-refractivity contribution in [3.05, 3.63) is 17.6 Å². The van der Waals surface area contributed by atoms with E-state index >= 15 is 0 Å². The van der Waals surface area contributed by atoms with Crippen molar-refractivity contribution in [3.8, 4) is 0 Å². The lowest BCUT2D eigenvalue weighted by molar-refractivity contribution is 0.149. The molecule has 1 aromatic rings. The number of nitrogens with one attached hydrogen (secondary N) is 1. The van der Waals surface area contributed by atoms with Crippen LogP contribution in [0.5, 0.6) is 0 Å². The van der Waals surface area contributed by atoms with E-state index in [1.165, 1.54) is 0 Å². The Hall–Kier alpha value is -0.870. The minimum Gasteiger partial charge on any atom is -0.380 e. The van der Waals surface area contributed by atoms with Gasteiger partial charge >= 0.3 is 0 Å². The van der Waals surface area contributed by atoms with E-state index in [9.17, 15) is 0 Å². The second-order valence-electron chi connectivity index (χ2n) is 3.51. The Kier molecular flexibility index (Phi) is 6.11. The first-order valence-electron chi connectivity index (χ1n) is 5.42. The van der Waals surface area contributed by atoms with Gasteiger partial charge in [0.15, 0.2) is 0 Å². The second-order valence-corrected chi connectivity index (χ2v) is 3.89. The molecule has 0 bridgehead atoms. The molecule has 16 heavy (non-hydrogen) atoms. The Morgan fingerprint density at radius 2 is 2.12 bits per heavy atom. The van der Waals surface area contributed by atoms with E-state index in [-0.39, 0.29) is 0 Å². The van der Waals surface area contributed by atoms with Crippen molar-refractivity contribution in [2.75, 3.05) is 31.0 Å². The summed E-state index contributed by atoms with van der Waals surface area (Å²) < 4.78 is 5.26. The van der Waals surface area contributed by atoms with Gasteiger partial charge in [-0.15, -0.1) is 11.6 Å². The Balaban J connectivity index is 2.19. The van der Waals surface area contributed by atoms with Crippen LogP contribution < -0.4 is 5.32 Å². The molecule has 0 fully saturated rings. The third kappa shape index (κ3) is 4.77. The van der Waals surface area contributed by atoms with Gasteiger partial charge in [-0.3, -0.25) is 4.98 Å². The second kappa shape index (κ2) is 7.41. The Morgan fingerprint density at radius 3 is 2.81 bits per heavy atom. The van der Waals surface area contributed by atoms with Crippen LogP contribution in [0, 0.1) is 13.8 Å². The molecule has 0 unspecified atom stereocenters. The van der Waals surface area contributed by atoms with Gasteiger partial charge in [0.05, 0.1) is 24.2 Å². The number of hydrogen-bond acceptors (Lipinski definition) is 4. The molecule has 4 nitrogen and oxygen atoms in total. The van der Waals surface area contributed by atoms with Crippen molar-refractivity contribution < 1.29 is 4.74 Å². The summed E-state index contributed by atoms with van der Waals surface area (Å²) in [6.07, 6.45) is 2.69. The van der Waals surface area contributed by atoms with Gasteiger partial charge in [0, 0.05) is 19.0 Å². The quantitative estimate of drug-likeness (QED) is 0.589. The molecule has 1 rings (SSSR count). The standard InChI is InChI=1S/C11H18ClN3O/c1-9-10(2)15-11(8-14-9)13-5-3-6-16-7-4-12/h8H,3-7H2,1-2H3,(H,13,15). The zero-order valence-electron chi connectivity index (χ0n) is 9.79. The highest BCUT2D eigenvalue weighted by atomic mass is 35.5. The first-order chi connectivity index (χ1) is 7.74. The lowest BCUT2D eigenvalue weighted by Crippen LogP contribution is -2.08. The van der Waals surface area contributed by atoms with Crippen LogP contribution in [0.15, 0.2) is 6.20 Å². The van der Waals surface area contributed by atoms with Gasteiger partial charge in [0.1, 0.15) is 5.82 Å². The molecule has 0 saturated heterocycles. The van der Waals surface area contributed by atoms with Crippen LogP contribution in [-0.4, -0.2) is 35.6 Å². The summed E-state index contributed by atoms with van der Waals surface area (Å²) in [4.78, 5) is 8.60. The number of nitrogens with zero attached hydrogens (tertiary/aromatic N) is 2. The third-order valence-corrected chi connectivity index (χ3v) is 2.34. The van der Waals surface area contributed by atoms with Crippen molar-refractivity contribution in [2.24, 2.45) is 0 Å². The van der Waals surface area contributed by atoms with Gasteiger partial charge in [-0.2, -0.15) is 0 Å². The van der Waals surface area contributed by atoms with Crippen LogP contribution in [0.1, 0.15) is 17.8 Å². The minimum atomic E-state index is 0.552. The molecule has 5 heteroatoms. The topological polar surface area (TPSA) is 47.0 Å². The molecule has 0 aliphatic heterocycles. The van der Waals surface area contributed by atoms with E-state index in [1.54, 1.807) is 6.20 Å². The van der Waals surface area contributed by atoms with E-state index in [2.05, 4.69) is 15.3 Å². The number of alkyl halides is 1. The van der Waals surface area contributed by atoms with Crippen molar-refractivity contribution >= 4 is 17.4 Å². The molecule has 0 aromatic carbocycles. The number of aryl methyl sites for hydroxylation is 2. The molecule has 0 radical (unpaired) electrons. The van der Waals surface area contributed by atoms with Gasteiger partial charge < -0.3 is 10.1 Å². The van der Waals surface area contributed by atoms with Gasteiger partial charge in [0.2, 0.25) is 0 Å². The van der Waals surface area contributed by atoms with Crippen LogP contribution in [0.3, 0.4) is 0 Å². The van der Waals surface area contributed by atoms with E-state index in [1.807, 2.05) is 13.8 Å². The summed E-state index contributed by atoms with van der Waals surface area (Å²) in [6.45, 7) is 6.08. The Bertz CT molecular complexity index is 320. The zero-order chi connectivity index (χ0) is 11.8. The van der Waals surface area contributed by atoms with Gasteiger partial charge in [-0.05, 0) is 20.3 Å². The number of ether oxygens (including phenoxy) is 1. The average molecular weight is 244 g/mol. The summed E-state index contributed by atoms with van der Waals surface area (Å²) in [7, 11) is 0. The molecule has 90 valence electrons. The van der Waals surface area contributed by atoms with Crippen molar-refractivity contribution in [1.29, 1.82) is 0 Å². The van der Waals surface area contributed by atoms with E-state index in [0.29, 0.717) is 12.5 Å². The van der Waals surface area contributed by atoms with Gasteiger partial charge in [-0.25, -0.2) is 4.98 Å². The van der Waals surface area contributed by atoms with Gasteiger partial charge in [0.25, 0.3) is 0 Å². The maximum Gasteiger partial charge on any atom is 0.144 e. The summed E-state index contributed by atoms with van der Waals surface area (Å²) in [5, 5.41) is 3.20. The van der Waals surface area contributed by atoms with Crippen LogP contribution in [0.25, 0.3) is 0 Å². The van der Waals surface area contributed by atoms with Crippen LogP contribution in [0.4, 0.5) is 5.82 Å². The molecule has 1 N–H and O–H groups in total. The number of anilines is 1. The Morgan fingerprint density at radius 1 is 1.31 bits per heavy atom. The van der Waals surface area contributed by atoms with Crippen LogP contribution in [-0.2, 0) is 4.74 Å². The predicted octanol–water partition coefficient (Wildman–Crippen LogP) is 2.15. The van der Waals surface area contributed by atoms with Crippen LogP contribution >= 0.6 is 11.6 Å². The lowest BCUT2D eigenvalue weighted by atomic mass is 10.3. The summed E-state index contributed by atoms with van der Waals surface area (Å²) >= 11 is 5.48. The zero-order valence-corrected chi connectivity index (χ0v) is 10.5. The average Bonchev–Trinajstić information content (AvgIpc) is 2.28. The first-order valence-corrected chi connectivity index (χ1v) is 5.95. The first kappa shape index (κ1) is 13.2. The van der Waals surface area contributed by atoms with E-state index in [0.717, 1.165) is 36.8 Å². The molecular formula is C11H18ClN3O. The number of aromatic nitrogens is 2. The number of halogens is 1. The molecule has 0 aliphatic rings. The highest BCUT2D eigenvalue weighted by Crippen LogP contribution is 2.05. The maximum atomic E-state index is 5.48. The van der Waals surface area contributed by atoms with Crippen molar-refractivity contribution in [3.63, 3.8) is 0 Å². The molecule has 0 spiro atoms. The third-order valence-electron chi connectivity index (χ3n) is 2.19. The normalized spacial score (nSPS) is 10.4. The fourth-order valence-corrected chi connectivity index (χ4v) is 1.28. The largest absolute Gasteiger partial charge is 0.380 e.